The second-order valence-electron chi connectivity index (χ2n) is 6.68. The van der Waals surface area contributed by atoms with Crippen molar-refractivity contribution in [3.05, 3.63) is 34.0 Å². The highest BCUT2D eigenvalue weighted by Crippen LogP contribution is 2.30. The average Bonchev–Trinajstić information content (AvgIpc) is 2.44. The number of hydrogen-bond acceptors (Lipinski definition) is 5. The van der Waals surface area contributed by atoms with Gasteiger partial charge in [-0.05, 0) is 24.3 Å². The van der Waals surface area contributed by atoms with Gasteiger partial charge in [-0.25, -0.2) is 9.78 Å². The lowest BCUT2D eigenvalue weighted by atomic mass is 10.1. The van der Waals surface area contributed by atoms with Crippen LogP contribution in [0.1, 0.15) is 40.2 Å². The van der Waals surface area contributed by atoms with Gasteiger partial charge in [-0.15, -0.1) is 0 Å². The zero-order valence-corrected chi connectivity index (χ0v) is 14.8. The van der Waals surface area contributed by atoms with Crippen LogP contribution in [0.3, 0.4) is 0 Å². The van der Waals surface area contributed by atoms with Gasteiger partial charge in [-0.2, -0.15) is 0 Å². The van der Waals surface area contributed by atoms with Gasteiger partial charge in [0.2, 0.25) is 5.82 Å². The Hall–Kier alpha value is -2.44. The van der Waals surface area contributed by atoms with Gasteiger partial charge in [0, 0.05) is 37.0 Å². The van der Waals surface area contributed by atoms with Crippen LogP contribution in [0, 0.1) is 22.0 Å². The Kier molecular flexibility index (Phi) is 6.88. The molecule has 0 fully saturated rings. The summed E-state index contributed by atoms with van der Waals surface area (Å²) >= 11 is 0. The van der Waals surface area contributed by atoms with Crippen LogP contribution in [0.4, 0.5) is 11.5 Å². The molecule has 0 spiro atoms. The second-order valence-corrected chi connectivity index (χ2v) is 6.68. The Morgan fingerprint density at radius 3 is 2.29 bits per heavy atom. The maximum absolute atomic E-state index is 11.5. The van der Waals surface area contributed by atoms with Crippen molar-refractivity contribution < 1.29 is 14.8 Å². The molecule has 0 atom stereocenters. The lowest BCUT2D eigenvalue weighted by Crippen LogP contribution is -2.32. The summed E-state index contributed by atoms with van der Waals surface area (Å²) in [5, 5.41) is 20.3. The van der Waals surface area contributed by atoms with E-state index in [4.69, 9.17) is 5.11 Å². The third-order valence-corrected chi connectivity index (χ3v) is 3.31. The van der Waals surface area contributed by atoms with Crippen molar-refractivity contribution >= 4 is 23.0 Å². The number of pyridine rings is 1. The molecule has 1 aromatic heterocycles. The number of aromatic nitrogens is 1. The fraction of sp³-hybridized carbons (Fsp3) is 0.529. The minimum Gasteiger partial charge on any atom is -0.478 e. The lowest BCUT2D eigenvalue weighted by Gasteiger charge is -2.27. The van der Waals surface area contributed by atoms with E-state index in [0.29, 0.717) is 41.9 Å². The molecule has 0 saturated carbocycles. The van der Waals surface area contributed by atoms with E-state index >= 15 is 0 Å². The first kappa shape index (κ1) is 19.6. The number of carboxylic acids is 1. The van der Waals surface area contributed by atoms with Crippen molar-refractivity contribution in [1.82, 2.24) is 4.98 Å². The van der Waals surface area contributed by atoms with Gasteiger partial charge in [-0.1, -0.05) is 27.7 Å². The summed E-state index contributed by atoms with van der Waals surface area (Å²) in [4.78, 5) is 28.0. The molecule has 0 aromatic carbocycles. The first-order valence-corrected chi connectivity index (χ1v) is 7.92. The van der Waals surface area contributed by atoms with Crippen LogP contribution < -0.4 is 4.90 Å². The highest BCUT2D eigenvalue weighted by molar-refractivity contribution is 5.89. The molecule has 0 amide bonds. The summed E-state index contributed by atoms with van der Waals surface area (Å²) < 4.78 is 0. The van der Waals surface area contributed by atoms with Crippen LogP contribution in [0.15, 0.2) is 18.3 Å². The number of aliphatic carboxylic acids is 1. The monoisotopic (exact) mass is 335 g/mol. The van der Waals surface area contributed by atoms with E-state index < -0.39 is 10.9 Å². The van der Waals surface area contributed by atoms with E-state index in [0.717, 1.165) is 6.08 Å². The molecule has 1 aromatic rings. The Morgan fingerprint density at radius 2 is 1.88 bits per heavy atom. The van der Waals surface area contributed by atoms with Crippen molar-refractivity contribution in [2.45, 2.75) is 34.6 Å². The first-order chi connectivity index (χ1) is 11.1. The smallest absolute Gasteiger partial charge is 0.328 e. The van der Waals surface area contributed by atoms with Crippen LogP contribution in [-0.2, 0) is 4.79 Å². The van der Waals surface area contributed by atoms with E-state index in [9.17, 15) is 14.9 Å². The molecule has 1 rings (SSSR count). The predicted molar refractivity (Wildman–Crippen MR) is 94.1 cm³/mol. The van der Waals surface area contributed by atoms with Crippen LogP contribution in [0.2, 0.25) is 0 Å². The maximum Gasteiger partial charge on any atom is 0.328 e. The molecule has 1 heterocycles. The summed E-state index contributed by atoms with van der Waals surface area (Å²) in [6, 6.07) is 1.39. The summed E-state index contributed by atoms with van der Waals surface area (Å²) in [5.74, 6) is -0.105. The Morgan fingerprint density at radius 1 is 1.33 bits per heavy atom. The number of nitrogens with zero attached hydrogens (tertiary/aromatic N) is 3. The van der Waals surface area contributed by atoms with Gasteiger partial charge in [0.25, 0.3) is 0 Å². The topological polar surface area (TPSA) is 96.6 Å². The molecule has 0 aliphatic rings. The number of nitro groups is 1. The van der Waals surface area contributed by atoms with Gasteiger partial charge in [0.05, 0.1) is 4.92 Å². The number of hydrogen-bond donors (Lipinski definition) is 1. The number of allylic oxidation sites excluding steroid dienone is 1. The van der Waals surface area contributed by atoms with Gasteiger partial charge in [-0.3, -0.25) is 10.1 Å². The summed E-state index contributed by atoms with van der Waals surface area (Å²) in [6.45, 7) is 11.1. The Bertz CT molecular complexity index is 629. The quantitative estimate of drug-likeness (QED) is 0.443. The minimum absolute atomic E-state index is 0.105. The van der Waals surface area contributed by atoms with Crippen LogP contribution >= 0.6 is 0 Å². The van der Waals surface area contributed by atoms with Crippen molar-refractivity contribution in [2.75, 3.05) is 18.0 Å². The second kappa shape index (κ2) is 8.42. The molecule has 0 aliphatic heterocycles. The SMILES string of the molecule is C/C(=C\C(=O)O)c1cnc(N(CC(C)C)CC(C)C)c([N+](=O)[O-])c1. The van der Waals surface area contributed by atoms with E-state index in [1.54, 1.807) is 6.92 Å². The summed E-state index contributed by atoms with van der Waals surface area (Å²) in [7, 11) is 0. The third kappa shape index (κ3) is 5.64. The van der Waals surface area contributed by atoms with Crippen LogP contribution in [-0.4, -0.2) is 34.1 Å². The standard InChI is InChI=1S/C17H25N3O4/c1-11(2)9-19(10-12(3)4)17-15(20(23)24)7-14(8-18-17)13(5)6-16(21)22/h6-8,11-12H,9-10H2,1-5H3,(H,21,22)/b13-6+. The molecule has 0 radical (unpaired) electrons. The molecule has 7 heteroatoms. The first-order valence-electron chi connectivity index (χ1n) is 7.92. The van der Waals surface area contributed by atoms with Crippen molar-refractivity contribution in [3.8, 4) is 0 Å². The molecule has 1 N–H and O–H groups in total. The molecule has 0 aliphatic carbocycles. The molecule has 0 bridgehead atoms. The molecule has 7 nitrogen and oxygen atoms in total. The molecule has 0 saturated heterocycles. The van der Waals surface area contributed by atoms with Gasteiger partial charge in [0.1, 0.15) is 0 Å². The zero-order valence-electron chi connectivity index (χ0n) is 14.8. The molecule has 132 valence electrons. The summed E-state index contributed by atoms with van der Waals surface area (Å²) in [5.41, 5.74) is 0.748. The van der Waals surface area contributed by atoms with E-state index in [1.165, 1.54) is 12.3 Å². The number of carboxylic acid groups (broad SMARTS) is 1. The van der Waals surface area contributed by atoms with Gasteiger partial charge >= 0.3 is 11.7 Å². The fourth-order valence-corrected chi connectivity index (χ4v) is 2.44. The van der Waals surface area contributed by atoms with Crippen LogP contribution in [0.5, 0.6) is 0 Å². The average molecular weight is 335 g/mol. The van der Waals surface area contributed by atoms with E-state index in [2.05, 4.69) is 4.98 Å². The highest BCUT2D eigenvalue weighted by atomic mass is 16.6. The van der Waals surface area contributed by atoms with Crippen molar-refractivity contribution in [2.24, 2.45) is 11.8 Å². The zero-order chi connectivity index (χ0) is 18.4. The van der Waals surface area contributed by atoms with Crippen LogP contribution in [0.25, 0.3) is 5.57 Å². The molecular weight excluding hydrogens is 310 g/mol. The van der Waals surface area contributed by atoms with E-state index in [1.807, 2.05) is 32.6 Å². The van der Waals surface area contributed by atoms with E-state index in [-0.39, 0.29) is 5.69 Å². The lowest BCUT2D eigenvalue weighted by molar-refractivity contribution is -0.384. The molecule has 0 unspecified atom stereocenters. The minimum atomic E-state index is -1.10. The number of carbonyl (C=O) groups is 1. The van der Waals surface area contributed by atoms with Gasteiger partial charge < -0.3 is 10.0 Å². The van der Waals surface area contributed by atoms with Crippen molar-refractivity contribution in [3.63, 3.8) is 0 Å². The maximum atomic E-state index is 11.5. The van der Waals surface area contributed by atoms with Crippen molar-refractivity contribution in [1.29, 1.82) is 0 Å². The normalized spacial score (nSPS) is 11.9. The molecule has 24 heavy (non-hydrogen) atoms. The Balaban J connectivity index is 3.36. The third-order valence-electron chi connectivity index (χ3n) is 3.31. The highest BCUT2D eigenvalue weighted by Gasteiger charge is 2.23. The number of anilines is 1. The largest absolute Gasteiger partial charge is 0.478 e. The van der Waals surface area contributed by atoms with Gasteiger partial charge in [0.15, 0.2) is 0 Å². The Labute approximate surface area is 142 Å². The fourth-order valence-electron chi connectivity index (χ4n) is 2.44. The summed E-state index contributed by atoms with van der Waals surface area (Å²) in [6.07, 6.45) is 2.51. The number of rotatable bonds is 8. The predicted octanol–water partition coefficient (Wildman–Crippen LogP) is 3.60. The molecular formula is C17H25N3O4.